The van der Waals surface area contributed by atoms with Crippen LogP contribution in [0.1, 0.15) is 35.1 Å². The first-order valence-corrected chi connectivity index (χ1v) is 11.5. The van der Waals surface area contributed by atoms with Crippen molar-refractivity contribution >= 4 is 0 Å². The molecule has 1 aliphatic heterocycles. The maximum Gasteiger partial charge on any atom is 0.126 e. The molecule has 0 unspecified atom stereocenters. The quantitative estimate of drug-likeness (QED) is 0.566. The molecule has 1 heterocycles. The number of hydrogen-bond acceptors (Lipinski definition) is 4. The molecule has 1 fully saturated rings. The lowest BCUT2D eigenvalue weighted by Crippen LogP contribution is -2.45. The second-order valence-corrected chi connectivity index (χ2v) is 8.39. The van der Waals surface area contributed by atoms with Crippen LogP contribution >= 0.6 is 0 Å². The third-order valence-corrected chi connectivity index (χ3v) is 6.57. The zero-order chi connectivity index (χ0) is 22.4. The smallest absolute Gasteiger partial charge is 0.126 e. The minimum atomic E-state index is -1.27. The van der Waals surface area contributed by atoms with E-state index in [9.17, 15) is 5.11 Å². The molecule has 0 bridgehead atoms. The molecule has 0 radical (unpaired) electrons. The Balaban J connectivity index is 1.89. The summed E-state index contributed by atoms with van der Waals surface area (Å²) in [6, 6.07) is 26.6. The van der Waals surface area contributed by atoms with E-state index in [0.717, 1.165) is 56.0 Å². The van der Waals surface area contributed by atoms with Crippen LogP contribution in [0, 0.1) is 0 Å². The van der Waals surface area contributed by atoms with Crippen molar-refractivity contribution in [2.24, 2.45) is 0 Å². The van der Waals surface area contributed by atoms with E-state index in [1.54, 1.807) is 7.11 Å². The molecular formula is C28H33NO3. The summed E-state index contributed by atoms with van der Waals surface area (Å²) in [6.07, 6.45) is 0.962. The maximum absolute atomic E-state index is 12.7. The Morgan fingerprint density at radius 2 is 1.59 bits per heavy atom. The molecule has 3 aromatic rings. The summed E-state index contributed by atoms with van der Waals surface area (Å²) in [7, 11) is 1.67. The fraction of sp³-hybridized carbons (Fsp3) is 0.357. The van der Waals surface area contributed by atoms with Crippen molar-refractivity contribution in [3.63, 3.8) is 0 Å². The molecule has 0 spiro atoms. The Bertz CT molecular complexity index is 983. The number of nitrogens with zero attached hydrogens (tertiary/aromatic N) is 1. The van der Waals surface area contributed by atoms with Crippen LogP contribution < -0.4 is 4.74 Å². The van der Waals surface area contributed by atoms with E-state index in [1.807, 2.05) is 42.5 Å². The van der Waals surface area contributed by atoms with Crippen molar-refractivity contribution in [2.75, 3.05) is 40.0 Å². The monoisotopic (exact) mass is 431 g/mol. The summed E-state index contributed by atoms with van der Waals surface area (Å²) >= 11 is 0. The maximum atomic E-state index is 12.7. The number of aliphatic hydroxyl groups is 1. The first-order chi connectivity index (χ1) is 15.7. The highest BCUT2D eigenvalue weighted by molar-refractivity contribution is 5.49. The zero-order valence-corrected chi connectivity index (χ0v) is 19.0. The largest absolute Gasteiger partial charge is 0.496 e. The molecule has 0 aliphatic carbocycles. The average Bonchev–Trinajstić information content (AvgIpc) is 2.88. The lowest BCUT2D eigenvalue weighted by Gasteiger charge is -2.41. The predicted molar refractivity (Wildman–Crippen MR) is 128 cm³/mol. The van der Waals surface area contributed by atoms with Crippen LogP contribution in [0.15, 0.2) is 78.9 Å². The van der Waals surface area contributed by atoms with Gasteiger partial charge >= 0.3 is 0 Å². The van der Waals surface area contributed by atoms with Crippen molar-refractivity contribution in [2.45, 2.75) is 24.9 Å². The van der Waals surface area contributed by atoms with Crippen molar-refractivity contribution in [3.05, 3.63) is 101 Å². The SMILES string of the molecule is CCc1ccc([C@@](O)(c2ccccc2OC)[C@@H](CN2CCOCC2)c2ccccc2)cc1. The van der Waals surface area contributed by atoms with Crippen LogP contribution in [0.5, 0.6) is 5.75 Å². The molecule has 4 rings (SSSR count). The van der Waals surface area contributed by atoms with Gasteiger partial charge in [0.15, 0.2) is 0 Å². The normalized spacial score (nSPS) is 17.5. The van der Waals surface area contributed by atoms with E-state index in [1.165, 1.54) is 5.56 Å². The highest BCUT2D eigenvalue weighted by Crippen LogP contribution is 2.46. The van der Waals surface area contributed by atoms with Crippen LogP contribution in [0.2, 0.25) is 0 Å². The fourth-order valence-corrected chi connectivity index (χ4v) is 4.70. The molecule has 4 heteroatoms. The van der Waals surface area contributed by atoms with Gasteiger partial charge in [0.2, 0.25) is 0 Å². The summed E-state index contributed by atoms with van der Waals surface area (Å²) in [6.45, 7) is 6.03. The van der Waals surface area contributed by atoms with Crippen LogP contribution in [0.3, 0.4) is 0 Å². The molecule has 0 amide bonds. The molecule has 1 aliphatic rings. The number of morpholine rings is 1. The second-order valence-electron chi connectivity index (χ2n) is 8.39. The first kappa shape index (κ1) is 22.5. The van der Waals surface area contributed by atoms with E-state index in [0.29, 0.717) is 5.75 Å². The van der Waals surface area contributed by atoms with Gasteiger partial charge in [-0.25, -0.2) is 0 Å². The second kappa shape index (κ2) is 10.3. The summed E-state index contributed by atoms with van der Waals surface area (Å²) in [5, 5.41) is 12.7. The molecule has 2 atom stereocenters. The third kappa shape index (κ3) is 4.58. The summed E-state index contributed by atoms with van der Waals surface area (Å²) in [5.74, 6) is 0.503. The van der Waals surface area contributed by atoms with Gasteiger partial charge in [0.05, 0.1) is 20.3 Å². The zero-order valence-electron chi connectivity index (χ0n) is 19.0. The van der Waals surface area contributed by atoms with E-state index < -0.39 is 5.60 Å². The predicted octanol–water partition coefficient (Wildman–Crippen LogP) is 4.61. The lowest BCUT2D eigenvalue weighted by atomic mass is 9.72. The van der Waals surface area contributed by atoms with Gasteiger partial charge in [-0.1, -0.05) is 79.7 Å². The molecule has 0 saturated carbocycles. The number of aryl methyl sites for hydroxylation is 1. The van der Waals surface area contributed by atoms with E-state index in [2.05, 4.69) is 48.2 Å². The van der Waals surface area contributed by atoms with Gasteiger partial charge in [0.25, 0.3) is 0 Å². The summed E-state index contributed by atoms with van der Waals surface area (Å²) in [4.78, 5) is 2.39. The topological polar surface area (TPSA) is 41.9 Å². The van der Waals surface area contributed by atoms with Gasteiger partial charge in [-0.2, -0.15) is 0 Å². The number of para-hydroxylation sites is 1. The highest BCUT2D eigenvalue weighted by atomic mass is 16.5. The van der Waals surface area contributed by atoms with E-state index >= 15 is 0 Å². The number of rotatable bonds is 8. The number of benzene rings is 3. The van der Waals surface area contributed by atoms with Gasteiger partial charge in [0.1, 0.15) is 11.4 Å². The molecular weight excluding hydrogens is 398 g/mol. The third-order valence-electron chi connectivity index (χ3n) is 6.57. The minimum absolute atomic E-state index is 0.189. The van der Waals surface area contributed by atoms with Crippen LogP contribution in [0.4, 0.5) is 0 Å². The Kier molecular flexibility index (Phi) is 7.26. The minimum Gasteiger partial charge on any atom is -0.496 e. The molecule has 32 heavy (non-hydrogen) atoms. The Morgan fingerprint density at radius 3 is 2.25 bits per heavy atom. The fourth-order valence-electron chi connectivity index (χ4n) is 4.70. The average molecular weight is 432 g/mol. The van der Waals surface area contributed by atoms with Gasteiger partial charge < -0.3 is 14.6 Å². The van der Waals surface area contributed by atoms with Crippen molar-refractivity contribution in [1.82, 2.24) is 4.90 Å². The molecule has 1 N–H and O–H groups in total. The van der Waals surface area contributed by atoms with Gasteiger partial charge in [-0.3, -0.25) is 4.90 Å². The van der Waals surface area contributed by atoms with Crippen LogP contribution in [-0.2, 0) is 16.8 Å². The standard InChI is InChI=1S/C28H33NO3/c1-3-22-13-15-24(16-14-22)28(30,25-11-7-8-12-27(25)31-2)26(23-9-5-4-6-10-23)21-29-17-19-32-20-18-29/h4-16,26,30H,3,17-21H2,1-2H3/t26-,28+/m0/s1. The Morgan fingerprint density at radius 1 is 0.938 bits per heavy atom. The van der Waals surface area contributed by atoms with Crippen LogP contribution in [0.25, 0.3) is 0 Å². The number of ether oxygens (including phenoxy) is 2. The van der Waals surface area contributed by atoms with Gasteiger partial charge in [0, 0.05) is 31.1 Å². The Hall–Kier alpha value is -2.66. The molecule has 168 valence electrons. The van der Waals surface area contributed by atoms with E-state index in [-0.39, 0.29) is 5.92 Å². The first-order valence-electron chi connectivity index (χ1n) is 11.5. The molecule has 4 nitrogen and oxygen atoms in total. The summed E-state index contributed by atoms with van der Waals surface area (Å²) in [5.41, 5.74) is 2.75. The summed E-state index contributed by atoms with van der Waals surface area (Å²) < 4.78 is 11.3. The number of hydrogen-bond donors (Lipinski definition) is 1. The molecule has 3 aromatic carbocycles. The highest BCUT2D eigenvalue weighted by Gasteiger charge is 2.44. The van der Waals surface area contributed by atoms with E-state index in [4.69, 9.17) is 9.47 Å². The van der Waals surface area contributed by atoms with Crippen molar-refractivity contribution in [1.29, 1.82) is 0 Å². The lowest BCUT2D eigenvalue weighted by molar-refractivity contribution is -0.000140. The molecule has 0 aromatic heterocycles. The number of methoxy groups -OCH3 is 1. The molecule has 1 saturated heterocycles. The Labute approximate surface area is 191 Å². The van der Waals surface area contributed by atoms with Gasteiger partial charge in [-0.05, 0) is 29.2 Å². The van der Waals surface area contributed by atoms with Crippen molar-refractivity contribution < 1.29 is 14.6 Å². The van der Waals surface area contributed by atoms with Crippen LogP contribution in [-0.4, -0.2) is 50.0 Å². The van der Waals surface area contributed by atoms with Crippen molar-refractivity contribution in [3.8, 4) is 5.75 Å². The van der Waals surface area contributed by atoms with Gasteiger partial charge in [-0.15, -0.1) is 0 Å².